The Balaban J connectivity index is 2.07. The van der Waals surface area contributed by atoms with Crippen LogP contribution in [0.4, 0.5) is 0 Å². The summed E-state index contributed by atoms with van der Waals surface area (Å²) in [4.78, 5) is 4.43. The Morgan fingerprint density at radius 2 is 2.10 bits per heavy atom. The lowest BCUT2D eigenvalue weighted by Gasteiger charge is -2.13. The molecule has 0 radical (unpaired) electrons. The number of hydrogen-bond acceptors (Lipinski definition) is 4. The van der Waals surface area contributed by atoms with Gasteiger partial charge in [0, 0.05) is 18.0 Å². The maximum absolute atomic E-state index is 6.14. The fourth-order valence-electron chi connectivity index (χ4n) is 2.01. The van der Waals surface area contributed by atoms with Crippen molar-refractivity contribution in [2.75, 3.05) is 6.54 Å². The number of nitrogens with one attached hydrogen (secondary N) is 1. The summed E-state index contributed by atoms with van der Waals surface area (Å²) in [5.41, 5.74) is 0.804. The van der Waals surface area contributed by atoms with E-state index in [-0.39, 0.29) is 0 Å². The Morgan fingerprint density at radius 3 is 2.80 bits per heavy atom. The van der Waals surface area contributed by atoms with E-state index in [0.29, 0.717) is 22.8 Å². The molecule has 0 amide bonds. The summed E-state index contributed by atoms with van der Waals surface area (Å²) in [7, 11) is 0. The Morgan fingerprint density at radius 1 is 1.30 bits per heavy atom. The minimum absolute atomic E-state index is 0.370. The van der Waals surface area contributed by atoms with Crippen molar-refractivity contribution in [1.29, 1.82) is 0 Å². The Labute approximate surface area is 124 Å². The quantitative estimate of drug-likeness (QED) is 0.845. The minimum Gasteiger partial charge on any atom is -0.339 e. The molecule has 1 N–H and O–H groups in total. The molecule has 2 aromatic rings. The van der Waals surface area contributed by atoms with Crippen LogP contribution in [0, 0.1) is 0 Å². The van der Waals surface area contributed by atoms with Crippen molar-refractivity contribution in [1.82, 2.24) is 15.5 Å². The molecule has 1 aromatic heterocycles. The van der Waals surface area contributed by atoms with Crippen LogP contribution < -0.4 is 5.32 Å². The van der Waals surface area contributed by atoms with Gasteiger partial charge < -0.3 is 9.84 Å². The first-order valence-electron chi connectivity index (χ1n) is 7.05. The largest absolute Gasteiger partial charge is 0.339 e. The molecule has 0 aliphatic heterocycles. The van der Waals surface area contributed by atoms with Gasteiger partial charge in [0.15, 0.2) is 0 Å². The van der Waals surface area contributed by atoms with Crippen molar-refractivity contribution in [3.8, 4) is 11.4 Å². The molecule has 1 aromatic carbocycles. The maximum atomic E-state index is 6.14. The first-order valence-corrected chi connectivity index (χ1v) is 7.43. The lowest BCUT2D eigenvalue weighted by atomic mass is 10.1. The van der Waals surface area contributed by atoms with Gasteiger partial charge in [-0.05, 0) is 31.5 Å². The van der Waals surface area contributed by atoms with Gasteiger partial charge in [-0.3, -0.25) is 0 Å². The summed E-state index contributed by atoms with van der Waals surface area (Å²) in [6, 6.07) is 7.88. The van der Waals surface area contributed by atoms with E-state index < -0.39 is 0 Å². The summed E-state index contributed by atoms with van der Waals surface area (Å²) in [5.74, 6) is 1.20. The third kappa shape index (κ3) is 3.81. The summed E-state index contributed by atoms with van der Waals surface area (Å²) in [6.45, 7) is 5.31. The monoisotopic (exact) mass is 293 g/mol. The maximum Gasteiger partial charge on any atom is 0.228 e. The van der Waals surface area contributed by atoms with Gasteiger partial charge in [-0.2, -0.15) is 4.98 Å². The molecule has 1 heterocycles. The second kappa shape index (κ2) is 7.41. The fourth-order valence-corrected chi connectivity index (χ4v) is 2.23. The molecule has 0 saturated heterocycles. The number of rotatable bonds is 7. The van der Waals surface area contributed by atoms with Crippen LogP contribution in [-0.4, -0.2) is 22.7 Å². The van der Waals surface area contributed by atoms with Crippen molar-refractivity contribution in [3.63, 3.8) is 0 Å². The number of hydrogen-bond donors (Lipinski definition) is 1. The summed E-state index contributed by atoms with van der Waals surface area (Å²) >= 11 is 6.14. The van der Waals surface area contributed by atoms with Gasteiger partial charge in [0.05, 0.1) is 5.02 Å². The standard InChI is InChI=1S/C15H20ClN3O/c1-3-9-17-11(4-2)10-14-18-15(19-20-14)12-7-5-6-8-13(12)16/h5-8,11,17H,3-4,9-10H2,1-2H3. The van der Waals surface area contributed by atoms with Crippen LogP contribution in [0.1, 0.15) is 32.6 Å². The van der Waals surface area contributed by atoms with Crippen molar-refractivity contribution in [3.05, 3.63) is 35.2 Å². The predicted molar refractivity (Wildman–Crippen MR) is 80.8 cm³/mol. The van der Waals surface area contributed by atoms with E-state index in [1.54, 1.807) is 0 Å². The second-order valence-electron chi connectivity index (χ2n) is 4.75. The zero-order chi connectivity index (χ0) is 14.4. The number of benzene rings is 1. The summed E-state index contributed by atoms with van der Waals surface area (Å²) in [5, 5.41) is 8.13. The molecule has 0 aliphatic carbocycles. The van der Waals surface area contributed by atoms with Crippen LogP contribution in [0.2, 0.25) is 5.02 Å². The molecule has 0 saturated carbocycles. The Kier molecular flexibility index (Phi) is 5.56. The third-order valence-corrected chi connectivity index (χ3v) is 3.51. The zero-order valence-electron chi connectivity index (χ0n) is 11.9. The predicted octanol–water partition coefficient (Wildman–Crippen LogP) is 3.71. The van der Waals surface area contributed by atoms with Gasteiger partial charge in [0.25, 0.3) is 0 Å². The van der Waals surface area contributed by atoms with Crippen LogP contribution >= 0.6 is 11.6 Å². The molecule has 20 heavy (non-hydrogen) atoms. The second-order valence-corrected chi connectivity index (χ2v) is 5.16. The molecule has 108 valence electrons. The SMILES string of the molecule is CCCNC(CC)Cc1nc(-c2ccccc2Cl)no1. The Bertz CT molecular complexity index is 541. The average Bonchev–Trinajstić information content (AvgIpc) is 2.92. The summed E-state index contributed by atoms with van der Waals surface area (Å²) in [6.07, 6.45) is 2.89. The Hall–Kier alpha value is -1.39. The van der Waals surface area contributed by atoms with Crippen LogP contribution in [0.25, 0.3) is 11.4 Å². The molecule has 0 spiro atoms. The molecule has 0 bridgehead atoms. The van der Waals surface area contributed by atoms with E-state index in [0.717, 1.165) is 31.4 Å². The van der Waals surface area contributed by atoms with E-state index in [9.17, 15) is 0 Å². The number of aromatic nitrogens is 2. The molecule has 1 atom stereocenters. The minimum atomic E-state index is 0.370. The van der Waals surface area contributed by atoms with Crippen molar-refractivity contribution >= 4 is 11.6 Å². The molecule has 0 fully saturated rings. The van der Waals surface area contributed by atoms with Gasteiger partial charge in [-0.25, -0.2) is 0 Å². The van der Waals surface area contributed by atoms with E-state index in [1.807, 2.05) is 24.3 Å². The van der Waals surface area contributed by atoms with Crippen molar-refractivity contribution in [2.24, 2.45) is 0 Å². The molecular weight excluding hydrogens is 274 g/mol. The van der Waals surface area contributed by atoms with Crippen molar-refractivity contribution < 1.29 is 4.52 Å². The normalized spacial score (nSPS) is 12.6. The van der Waals surface area contributed by atoms with Crippen LogP contribution in [0.3, 0.4) is 0 Å². The first kappa shape index (κ1) is 15.0. The van der Waals surface area contributed by atoms with E-state index in [4.69, 9.17) is 16.1 Å². The van der Waals surface area contributed by atoms with Gasteiger partial charge in [-0.1, -0.05) is 42.7 Å². The van der Waals surface area contributed by atoms with Gasteiger partial charge in [0.2, 0.25) is 11.7 Å². The van der Waals surface area contributed by atoms with E-state index in [2.05, 4.69) is 29.3 Å². The van der Waals surface area contributed by atoms with E-state index >= 15 is 0 Å². The van der Waals surface area contributed by atoms with Gasteiger partial charge in [0.1, 0.15) is 0 Å². The average molecular weight is 294 g/mol. The topological polar surface area (TPSA) is 51.0 Å². The van der Waals surface area contributed by atoms with Crippen LogP contribution in [0.5, 0.6) is 0 Å². The molecule has 2 rings (SSSR count). The molecule has 5 heteroatoms. The lowest BCUT2D eigenvalue weighted by molar-refractivity contribution is 0.354. The molecule has 1 unspecified atom stereocenters. The summed E-state index contributed by atoms with van der Waals surface area (Å²) < 4.78 is 5.33. The lowest BCUT2D eigenvalue weighted by Crippen LogP contribution is -2.31. The highest BCUT2D eigenvalue weighted by Crippen LogP contribution is 2.25. The van der Waals surface area contributed by atoms with Gasteiger partial charge >= 0.3 is 0 Å². The molecular formula is C15H20ClN3O. The highest BCUT2D eigenvalue weighted by molar-refractivity contribution is 6.33. The highest BCUT2D eigenvalue weighted by atomic mass is 35.5. The number of halogens is 1. The first-order chi connectivity index (χ1) is 9.74. The van der Waals surface area contributed by atoms with Gasteiger partial charge in [-0.15, -0.1) is 0 Å². The molecule has 0 aliphatic rings. The smallest absolute Gasteiger partial charge is 0.228 e. The number of nitrogens with zero attached hydrogens (tertiary/aromatic N) is 2. The fraction of sp³-hybridized carbons (Fsp3) is 0.467. The third-order valence-electron chi connectivity index (χ3n) is 3.18. The zero-order valence-corrected chi connectivity index (χ0v) is 12.7. The van der Waals surface area contributed by atoms with Crippen LogP contribution in [-0.2, 0) is 6.42 Å². The van der Waals surface area contributed by atoms with Crippen molar-refractivity contribution in [2.45, 2.75) is 39.2 Å². The molecule has 4 nitrogen and oxygen atoms in total. The van der Waals surface area contributed by atoms with E-state index in [1.165, 1.54) is 0 Å². The highest BCUT2D eigenvalue weighted by Gasteiger charge is 2.14. The van der Waals surface area contributed by atoms with Crippen LogP contribution in [0.15, 0.2) is 28.8 Å².